The van der Waals surface area contributed by atoms with Gasteiger partial charge >= 0.3 is 0 Å². The van der Waals surface area contributed by atoms with Crippen molar-refractivity contribution in [2.24, 2.45) is 5.92 Å². The van der Waals surface area contributed by atoms with Crippen molar-refractivity contribution in [1.29, 1.82) is 0 Å². The molecule has 0 bridgehead atoms. The molecule has 0 aromatic heterocycles. The zero-order chi connectivity index (χ0) is 11.0. The van der Waals surface area contributed by atoms with Crippen LogP contribution in [0.4, 0.5) is 0 Å². The fourth-order valence-corrected chi connectivity index (χ4v) is 1.79. The molecule has 0 fully saturated rings. The average molecular weight is 200 g/mol. The molecule has 14 heavy (non-hydrogen) atoms. The second-order valence-corrected chi connectivity index (χ2v) is 5.63. The molecule has 0 aliphatic heterocycles. The zero-order valence-electron chi connectivity index (χ0n) is 11.0. The Morgan fingerprint density at radius 2 is 1.50 bits per heavy atom. The summed E-state index contributed by atoms with van der Waals surface area (Å²) in [5.41, 5.74) is 0. The Hall–Kier alpha value is -0.0400. The first-order valence-corrected chi connectivity index (χ1v) is 6.30. The molecule has 0 unspecified atom stereocenters. The largest absolute Gasteiger partial charge is 0.328 e. The maximum Gasteiger partial charge on any atom is 0.0782 e. The van der Waals surface area contributed by atoms with Gasteiger partial charge in [-0.1, -0.05) is 33.6 Å². The highest BCUT2D eigenvalue weighted by Gasteiger charge is 2.12. The van der Waals surface area contributed by atoms with Crippen molar-refractivity contribution in [1.82, 2.24) is 0 Å². The summed E-state index contributed by atoms with van der Waals surface area (Å²) in [6.45, 7) is 9.61. The molecule has 0 rings (SSSR count). The highest BCUT2D eigenvalue weighted by atomic mass is 15.3. The van der Waals surface area contributed by atoms with Crippen molar-refractivity contribution in [3.05, 3.63) is 0 Å². The fraction of sp³-hybridized carbons (Fsp3) is 1.00. The van der Waals surface area contributed by atoms with E-state index in [0.717, 1.165) is 5.92 Å². The average Bonchev–Trinajstić information content (AvgIpc) is 2.09. The van der Waals surface area contributed by atoms with Crippen LogP contribution < -0.4 is 0 Å². The lowest BCUT2D eigenvalue weighted by Gasteiger charge is -2.29. The first kappa shape index (κ1) is 14.0. The minimum absolute atomic E-state index is 0.876. The van der Waals surface area contributed by atoms with Gasteiger partial charge in [-0.15, -0.1) is 0 Å². The molecule has 0 spiro atoms. The molecule has 0 aromatic carbocycles. The Kier molecular flexibility index (Phi) is 7.26. The summed E-state index contributed by atoms with van der Waals surface area (Å²) in [5, 5.41) is 0. The van der Waals surface area contributed by atoms with Crippen LogP contribution in [-0.4, -0.2) is 31.7 Å². The van der Waals surface area contributed by atoms with Gasteiger partial charge < -0.3 is 4.48 Å². The number of quaternary nitrogens is 1. The van der Waals surface area contributed by atoms with Crippen LogP contribution in [0.2, 0.25) is 0 Å². The standard InChI is InChI=1S/C13H30N/c1-6-7-11-14(4,5)12-9-8-10-13(2)3/h13H,6-12H2,1-5H3/q+1. The molecular weight excluding hydrogens is 170 g/mol. The van der Waals surface area contributed by atoms with Crippen LogP contribution in [-0.2, 0) is 0 Å². The second kappa shape index (κ2) is 7.28. The molecule has 86 valence electrons. The lowest BCUT2D eigenvalue weighted by molar-refractivity contribution is -0.890. The summed E-state index contributed by atoms with van der Waals surface area (Å²) < 4.78 is 1.21. The van der Waals surface area contributed by atoms with Crippen molar-refractivity contribution in [2.45, 2.75) is 52.9 Å². The third kappa shape index (κ3) is 8.55. The normalized spacial score (nSPS) is 12.4. The summed E-state index contributed by atoms with van der Waals surface area (Å²) in [6.07, 6.45) is 6.90. The third-order valence-electron chi connectivity index (χ3n) is 2.91. The van der Waals surface area contributed by atoms with Gasteiger partial charge in [0.05, 0.1) is 27.2 Å². The summed E-state index contributed by atoms with van der Waals surface area (Å²) in [5.74, 6) is 0.876. The first-order valence-electron chi connectivity index (χ1n) is 6.30. The fourth-order valence-electron chi connectivity index (χ4n) is 1.79. The first-order chi connectivity index (χ1) is 6.48. The van der Waals surface area contributed by atoms with Gasteiger partial charge in [0, 0.05) is 0 Å². The molecule has 1 heteroatoms. The number of nitrogens with zero attached hydrogens (tertiary/aromatic N) is 1. The molecule has 0 radical (unpaired) electrons. The second-order valence-electron chi connectivity index (χ2n) is 5.63. The monoisotopic (exact) mass is 200 g/mol. The zero-order valence-corrected chi connectivity index (χ0v) is 11.0. The van der Waals surface area contributed by atoms with Crippen LogP contribution in [0.25, 0.3) is 0 Å². The van der Waals surface area contributed by atoms with Crippen LogP contribution in [0, 0.1) is 5.92 Å². The summed E-state index contributed by atoms with van der Waals surface area (Å²) in [6, 6.07) is 0. The Balaban J connectivity index is 3.44. The number of hydrogen-bond acceptors (Lipinski definition) is 0. The van der Waals surface area contributed by atoms with Crippen LogP contribution in [0.1, 0.15) is 52.9 Å². The molecule has 0 atom stereocenters. The lowest BCUT2D eigenvalue weighted by Crippen LogP contribution is -2.41. The molecule has 0 aromatic rings. The van der Waals surface area contributed by atoms with Gasteiger partial charge in [-0.05, 0) is 25.2 Å². The van der Waals surface area contributed by atoms with E-state index < -0.39 is 0 Å². The van der Waals surface area contributed by atoms with Crippen molar-refractivity contribution in [3.8, 4) is 0 Å². The molecule has 0 saturated carbocycles. The van der Waals surface area contributed by atoms with E-state index in [0.29, 0.717) is 0 Å². The van der Waals surface area contributed by atoms with Crippen molar-refractivity contribution >= 4 is 0 Å². The SMILES string of the molecule is CCCC[N+](C)(C)CCCCC(C)C. The van der Waals surface area contributed by atoms with Crippen molar-refractivity contribution < 1.29 is 4.48 Å². The van der Waals surface area contributed by atoms with Gasteiger partial charge in [0.15, 0.2) is 0 Å². The maximum atomic E-state index is 2.37. The van der Waals surface area contributed by atoms with Gasteiger partial charge in [0.2, 0.25) is 0 Å². The molecule has 1 nitrogen and oxygen atoms in total. The molecule has 0 N–H and O–H groups in total. The van der Waals surface area contributed by atoms with Crippen LogP contribution in [0.5, 0.6) is 0 Å². The van der Waals surface area contributed by atoms with E-state index in [9.17, 15) is 0 Å². The minimum atomic E-state index is 0.876. The van der Waals surface area contributed by atoms with Crippen LogP contribution in [0.3, 0.4) is 0 Å². The topological polar surface area (TPSA) is 0 Å². The Morgan fingerprint density at radius 1 is 0.929 bits per heavy atom. The summed E-state index contributed by atoms with van der Waals surface area (Å²) in [4.78, 5) is 0. The Bertz CT molecular complexity index is 127. The minimum Gasteiger partial charge on any atom is -0.328 e. The van der Waals surface area contributed by atoms with Gasteiger partial charge in [-0.2, -0.15) is 0 Å². The van der Waals surface area contributed by atoms with E-state index in [2.05, 4.69) is 34.9 Å². The third-order valence-corrected chi connectivity index (χ3v) is 2.91. The Morgan fingerprint density at radius 3 is 2.00 bits per heavy atom. The number of rotatable bonds is 8. The van der Waals surface area contributed by atoms with E-state index in [1.807, 2.05) is 0 Å². The highest BCUT2D eigenvalue weighted by Crippen LogP contribution is 2.09. The van der Waals surface area contributed by atoms with E-state index in [1.54, 1.807) is 0 Å². The number of hydrogen-bond donors (Lipinski definition) is 0. The molecule has 0 amide bonds. The van der Waals surface area contributed by atoms with Gasteiger partial charge in [-0.3, -0.25) is 0 Å². The van der Waals surface area contributed by atoms with Gasteiger partial charge in [0.25, 0.3) is 0 Å². The van der Waals surface area contributed by atoms with E-state index in [-0.39, 0.29) is 0 Å². The molecule has 0 aliphatic rings. The molecule has 0 heterocycles. The van der Waals surface area contributed by atoms with E-state index in [4.69, 9.17) is 0 Å². The molecule has 0 aliphatic carbocycles. The smallest absolute Gasteiger partial charge is 0.0782 e. The van der Waals surface area contributed by atoms with Crippen LogP contribution in [0.15, 0.2) is 0 Å². The molecule has 0 saturated heterocycles. The predicted octanol–water partition coefficient (Wildman–Crippen LogP) is 3.69. The summed E-state index contributed by atoms with van der Waals surface area (Å²) >= 11 is 0. The van der Waals surface area contributed by atoms with Crippen LogP contribution >= 0.6 is 0 Å². The highest BCUT2D eigenvalue weighted by molar-refractivity contribution is 4.46. The predicted molar refractivity (Wildman–Crippen MR) is 65.4 cm³/mol. The van der Waals surface area contributed by atoms with Crippen molar-refractivity contribution in [2.75, 3.05) is 27.2 Å². The lowest BCUT2D eigenvalue weighted by atomic mass is 10.1. The van der Waals surface area contributed by atoms with Gasteiger partial charge in [-0.25, -0.2) is 0 Å². The van der Waals surface area contributed by atoms with Gasteiger partial charge in [0.1, 0.15) is 0 Å². The van der Waals surface area contributed by atoms with E-state index in [1.165, 1.54) is 49.7 Å². The molecular formula is C13H30N+. The quantitative estimate of drug-likeness (QED) is 0.414. The van der Waals surface area contributed by atoms with Crippen molar-refractivity contribution in [3.63, 3.8) is 0 Å². The summed E-state index contributed by atoms with van der Waals surface area (Å²) in [7, 11) is 4.73. The Labute approximate surface area is 91.1 Å². The number of unbranched alkanes of at least 4 members (excludes halogenated alkanes) is 2. The van der Waals surface area contributed by atoms with E-state index >= 15 is 0 Å². The maximum absolute atomic E-state index is 2.37.